The first-order valence-electron chi connectivity index (χ1n) is 7.38. The van der Waals surface area contributed by atoms with E-state index in [1.807, 2.05) is 12.1 Å². The van der Waals surface area contributed by atoms with Crippen LogP contribution in [0.5, 0.6) is 11.5 Å². The molecule has 2 unspecified atom stereocenters. The lowest BCUT2D eigenvalue weighted by Crippen LogP contribution is -2.51. The molecule has 0 spiro atoms. The van der Waals surface area contributed by atoms with E-state index in [9.17, 15) is 0 Å². The zero-order valence-electron chi connectivity index (χ0n) is 13.0. The van der Waals surface area contributed by atoms with E-state index >= 15 is 0 Å². The number of hydrazine groups is 1. The van der Waals surface area contributed by atoms with Crippen molar-refractivity contribution in [2.45, 2.75) is 51.7 Å². The van der Waals surface area contributed by atoms with Gasteiger partial charge >= 0.3 is 0 Å². The van der Waals surface area contributed by atoms with Gasteiger partial charge in [0.05, 0.1) is 14.2 Å². The number of benzene rings is 1. The summed E-state index contributed by atoms with van der Waals surface area (Å²) in [5.41, 5.74) is 4.76. The van der Waals surface area contributed by atoms with Crippen LogP contribution in [0.1, 0.15) is 38.7 Å². The van der Waals surface area contributed by atoms with E-state index in [-0.39, 0.29) is 0 Å². The number of methoxy groups -OCH3 is 2. The fourth-order valence-electron chi connectivity index (χ4n) is 2.91. The van der Waals surface area contributed by atoms with Crippen molar-refractivity contribution in [1.82, 2.24) is 10.4 Å². The van der Waals surface area contributed by atoms with Gasteiger partial charge in [0.2, 0.25) is 0 Å². The first-order valence-corrected chi connectivity index (χ1v) is 7.38. The minimum Gasteiger partial charge on any atom is -0.493 e. The molecule has 2 rings (SSSR count). The van der Waals surface area contributed by atoms with Crippen LogP contribution in [-0.4, -0.2) is 31.3 Å². The van der Waals surface area contributed by atoms with Crippen molar-refractivity contribution < 1.29 is 9.47 Å². The van der Waals surface area contributed by atoms with E-state index in [1.54, 1.807) is 14.2 Å². The molecule has 1 heterocycles. The highest BCUT2D eigenvalue weighted by Gasteiger charge is 2.24. The molecule has 0 aliphatic carbocycles. The Balaban J connectivity index is 1.99. The molecule has 0 saturated carbocycles. The van der Waals surface area contributed by atoms with Crippen molar-refractivity contribution in [2.75, 3.05) is 14.2 Å². The molecule has 1 aromatic rings. The lowest BCUT2D eigenvalue weighted by atomic mass is 10.00. The van der Waals surface area contributed by atoms with Gasteiger partial charge in [-0.2, -0.15) is 0 Å². The molecule has 2 atom stereocenters. The van der Waals surface area contributed by atoms with Crippen LogP contribution in [0.25, 0.3) is 0 Å². The molecule has 1 saturated heterocycles. The van der Waals surface area contributed by atoms with Crippen LogP contribution < -0.4 is 14.9 Å². The van der Waals surface area contributed by atoms with E-state index in [0.717, 1.165) is 18.0 Å². The maximum absolute atomic E-state index is 5.34. The number of rotatable bonds is 5. The highest BCUT2D eigenvalue weighted by Crippen LogP contribution is 2.28. The third kappa shape index (κ3) is 3.44. The Morgan fingerprint density at radius 1 is 1.10 bits per heavy atom. The standard InChI is InChI=1S/C16H26N2O2/c1-12-6-5-7-13(2)18(12)17-11-14-8-9-15(19-3)16(10-14)20-4/h8-10,12-13,17H,5-7,11H2,1-4H3. The maximum Gasteiger partial charge on any atom is 0.161 e. The number of hydrogen-bond donors (Lipinski definition) is 1. The third-order valence-corrected chi connectivity index (χ3v) is 4.11. The summed E-state index contributed by atoms with van der Waals surface area (Å²) in [6, 6.07) is 7.26. The van der Waals surface area contributed by atoms with Gasteiger partial charge in [0.25, 0.3) is 0 Å². The summed E-state index contributed by atoms with van der Waals surface area (Å²) in [4.78, 5) is 0. The Morgan fingerprint density at radius 2 is 1.75 bits per heavy atom. The smallest absolute Gasteiger partial charge is 0.161 e. The van der Waals surface area contributed by atoms with Gasteiger partial charge in [0.1, 0.15) is 0 Å². The zero-order valence-corrected chi connectivity index (χ0v) is 13.0. The molecule has 4 nitrogen and oxygen atoms in total. The quantitative estimate of drug-likeness (QED) is 0.898. The maximum atomic E-state index is 5.34. The van der Waals surface area contributed by atoms with E-state index in [1.165, 1.54) is 24.8 Å². The molecule has 0 radical (unpaired) electrons. The van der Waals surface area contributed by atoms with Crippen molar-refractivity contribution in [3.05, 3.63) is 23.8 Å². The Morgan fingerprint density at radius 3 is 2.35 bits per heavy atom. The third-order valence-electron chi connectivity index (χ3n) is 4.11. The minimum absolute atomic E-state index is 0.596. The number of nitrogens with one attached hydrogen (secondary N) is 1. The Bertz CT molecular complexity index is 426. The van der Waals surface area contributed by atoms with E-state index in [2.05, 4.69) is 30.3 Å². The predicted octanol–water partition coefficient (Wildman–Crippen LogP) is 2.97. The number of ether oxygens (including phenoxy) is 2. The van der Waals surface area contributed by atoms with Crippen molar-refractivity contribution in [3.63, 3.8) is 0 Å². The molecule has 1 aliphatic rings. The molecule has 0 amide bonds. The van der Waals surface area contributed by atoms with Crippen LogP contribution >= 0.6 is 0 Å². The van der Waals surface area contributed by atoms with Crippen molar-refractivity contribution in [1.29, 1.82) is 0 Å². The Labute approximate surface area is 122 Å². The SMILES string of the molecule is COc1ccc(CNN2C(C)CCCC2C)cc1OC. The van der Waals surface area contributed by atoms with E-state index in [4.69, 9.17) is 9.47 Å². The van der Waals surface area contributed by atoms with Crippen molar-refractivity contribution >= 4 is 0 Å². The lowest BCUT2D eigenvalue weighted by molar-refractivity contribution is 0.0435. The average Bonchev–Trinajstić information content (AvgIpc) is 2.46. The van der Waals surface area contributed by atoms with Gasteiger partial charge in [-0.3, -0.25) is 5.43 Å². The van der Waals surface area contributed by atoms with E-state index < -0.39 is 0 Å². The first-order chi connectivity index (χ1) is 9.65. The predicted molar refractivity (Wildman–Crippen MR) is 81.0 cm³/mol. The van der Waals surface area contributed by atoms with Gasteiger partial charge in [0.15, 0.2) is 11.5 Å². The van der Waals surface area contributed by atoms with Crippen LogP contribution in [0.4, 0.5) is 0 Å². The van der Waals surface area contributed by atoms with Gasteiger partial charge in [0, 0.05) is 18.6 Å². The number of nitrogens with zero attached hydrogens (tertiary/aromatic N) is 1. The van der Waals surface area contributed by atoms with Crippen LogP contribution in [0.15, 0.2) is 18.2 Å². The molecule has 0 aromatic heterocycles. The molecular weight excluding hydrogens is 252 g/mol. The molecular formula is C16H26N2O2. The van der Waals surface area contributed by atoms with Gasteiger partial charge in [-0.25, -0.2) is 5.01 Å². The summed E-state index contributed by atoms with van der Waals surface area (Å²) >= 11 is 0. The first kappa shape index (κ1) is 15.1. The molecule has 1 N–H and O–H groups in total. The Kier molecular flexibility index (Phi) is 5.26. The zero-order chi connectivity index (χ0) is 14.5. The molecule has 1 aliphatic heterocycles. The summed E-state index contributed by atoms with van der Waals surface area (Å²) in [6.45, 7) is 5.39. The topological polar surface area (TPSA) is 33.7 Å². The summed E-state index contributed by atoms with van der Waals surface area (Å²) < 4.78 is 10.6. The Hall–Kier alpha value is -1.26. The lowest BCUT2D eigenvalue weighted by Gasteiger charge is -2.39. The van der Waals surface area contributed by atoms with Crippen LogP contribution in [0.3, 0.4) is 0 Å². The fourth-order valence-corrected chi connectivity index (χ4v) is 2.91. The largest absolute Gasteiger partial charge is 0.493 e. The molecule has 1 aromatic carbocycles. The summed E-state index contributed by atoms with van der Waals surface area (Å²) in [7, 11) is 3.33. The fraction of sp³-hybridized carbons (Fsp3) is 0.625. The van der Waals surface area contributed by atoms with Crippen molar-refractivity contribution in [2.24, 2.45) is 0 Å². The number of hydrogen-bond acceptors (Lipinski definition) is 4. The van der Waals surface area contributed by atoms with Crippen molar-refractivity contribution in [3.8, 4) is 11.5 Å². The van der Waals surface area contributed by atoms with Crippen LogP contribution in [0.2, 0.25) is 0 Å². The van der Waals surface area contributed by atoms with Crippen LogP contribution in [0, 0.1) is 0 Å². The highest BCUT2D eigenvalue weighted by atomic mass is 16.5. The highest BCUT2D eigenvalue weighted by molar-refractivity contribution is 5.42. The van der Waals surface area contributed by atoms with Gasteiger partial charge in [-0.15, -0.1) is 0 Å². The monoisotopic (exact) mass is 278 g/mol. The second-order valence-electron chi connectivity index (χ2n) is 5.56. The van der Waals surface area contributed by atoms with E-state index in [0.29, 0.717) is 12.1 Å². The van der Waals surface area contributed by atoms with Gasteiger partial charge < -0.3 is 9.47 Å². The average molecular weight is 278 g/mol. The minimum atomic E-state index is 0.596. The second-order valence-corrected chi connectivity index (χ2v) is 5.56. The summed E-state index contributed by atoms with van der Waals surface area (Å²) in [5, 5.41) is 2.39. The molecule has 4 heteroatoms. The van der Waals surface area contributed by atoms with Gasteiger partial charge in [-0.05, 0) is 44.4 Å². The normalized spacial score (nSPS) is 23.6. The molecule has 112 valence electrons. The summed E-state index contributed by atoms with van der Waals surface area (Å²) in [6.07, 6.45) is 3.86. The second kappa shape index (κ2) is 6.95. The van der Waals surface area contributed by atoms with Gasteiger partial charge in [-0.1, -0.05) is 12.5 Å². The molecule has 1 fully saturated rings. The summed E-state index contributed by atoms with van der Waals surface area (Å²) in [5.74, 6) is 1.56. The molecule has 20 heavy (non-hydrogen) atoms. The molecule has 0 bridgehead atoms. The number of piperidine rings is 1. The van der Waals surface area contributed by atoms with Crippen LogP contribution in [-0.2, 0) is 6.54 Å².